The minimum Gasteiger partial charge on any atom is -0.234 e. The largest absolute Gasteiger partial charge is 0.234 e. The van der Waals surface area contributed by atoms with Crippen molar-refractivity contribution in [2.45, 2.75) is 44.1 Å². The average molecular weight is 213 g/mol. The fraction of sp³-hybridized carbons (Fsp3) is 0.700. The number of hydrogen-bond acceptors (Lipinski definition) is 3. The molecule has 0 radical (unpaired) electrons. The van der Waals surface area contributed by atoms with Crippen molar-refractivity contribution >= 4 is 23.1 Å². The van der Waals surface area contributed by atoms with Crippen LogP contribution in [0.15, 0.2) is 5.03 Å². The maximum absolute atomic E-state index is 4.70. The minimum absolute atomic E-state index is 0.649. The molecule has 0 saturated carbocycles. The Morgan fingerprint density at radius 3 is 3.08 bits per heavy atom. The van der Waals surface area contributed by atoms with Crippen LogP contribution in [0.2, 0.25) is 0 Å². The zero-order chi connectivity index (χ0) is 9.26. The highest BCUT2D eigenvalue weighted by atomic mass is 32.2. The predicted molar refractivity (Wildman–Crippen MR) is 59.9 cm³/mol. The summed E-state index contributed by atoms with van der Waals surface area (Å²) in [6.07, 6.45) is 3.80. The van der Waals surface area contributed by atoms with Gasteiger partial charge in [-0.3, -0.25) is 0 Å². The summed E-state index contributed by atoms with van der Waals surface area (Å²) in [7, 11) is 0. The molecule has 0 spiro atoms. The Morgan fingerprint density at radius 1 is 1.54 bits per heavy atom. The first-order valence-corrected chi connectivity index (χ1v) is 6.74. The van der Waals surface area contributed by atoms with E-state index in [4.69, 9.17) is 4.98 Å². The maximum Gasteiger partial charge on any atom is 0.110 e. The van der Waals surface area contributed by atoms with Crippen molar-refractivity contribution < 1.29 is 0 Å². The highest BCUT2D eigenvalue weighted by molar-refractivity contribution is 7.99. The molecular weight excluding hydrogens is 198 g/mol. The predicted octanol–water partition coefficient (Wildman–Crippen LogP) is 3.69. The molecule has 1 nitrogen and oxygen atoms in total. The molecule has 3 heteroatoms. The quantitative estimate of drug-likeness (QED) is 0.743. The van der Waals surface area contributed by atoms with Gasteiger partial charge in [0, 0.05) is 10.8 Å². The Balaban J connectivity index is 2.25. The van der Waals surface area contributed by atoms with Crippen molar-refractivity contribution in [1.29, 1.82) is 0 Å². The third-order valence-electron chi connectivity index (χ3n) is 2.50. The van der Waals surface area contributed by atoms with Crippen LogP contribution in [0.25, 0.3) is 0 Å². The second-order valence-corrected chi connectivity index (χ2v) is 5.74. The summed E-state index contributed by atoms with van der Waals surface area (Å²) in [5.41, 5.74) is 0. The molecule has 72 valence electrons. The lowest BCUT2D eigenvalue weighted by Gasteiger charge is -2.06. The van der Waals surface area contributed by atoms with Crippen LogP contribution in [0.3, 0.4) is 0 Å². The van der Waals surface area contributed by atoms with Gasteiger partial charge >= 0.3 is 0 Å². The summed E-state index contributed by atoms with van der Waals surface area (Å²) in [6, 6.07) is 0. The van der Waals surface area contributed by atoms with E-state index >= 15 is 0 Å². The zero-order valence-corrected chi connectivity index (χ0v) is 9.80. The second kappa shape index (κ2) is 4.01. The van der Waals surface area contributed by atoms with E-state index in [1.165, 1.54) is 39.9 Å². The number of fused-ring (bicyclic) bond motifs is 1. The normalized spacial score (nSPS) is 18.3. The number of thioether (sulfide) groups is 1. The first-order valence-electron chi connectivity index (χ1n) is 4.93. The molecular formula is C10H15NS2. The highest BCUT2D eigenvalue weighted by Gasteiger charge is 2.17. The Morgan fingerprint density at radius 2 is 2.38 bits per heavy atom. The first-order chi connectivity index (χ1) is 6.31. The summed E-state index contributed by atoms with van der Waals surface area (Å²) in [6.45, 7) is 4.51. The van der Waals surface area contributed by atoms with Crippen molar-refractivity contribution in [2.75, 3.05) is 5.75 Å². The van der Waals surface area contributed by atoms with Gasteiger partial charge in [-0.25, -0.2) is 4.98 Å². The summed E-state index contributed by atoms with van der Waals surface area (Å²) in [5.74, 6) is 1.91. The monoisotopic (exact) mass is 213 g/mol. The van der Waals surface area contributed by atoms with E-state index in [0.29, 0.717) is 5.92 Å². The van der Waals surface area contributed by atoms with Gasteiger partial charge in [-0.15, -0.1) is 23.1 Å². The molecule has 1 atom stereocenters. The van der Waals surface area contributed by atoms with E-state index in [1.807, 2.05) is 23.1 Å². The van der Waals surface area contributed by atoms with E-state index in [9.17, 15) is 0 Å². The van der Waals surface area contributed by atoms with Gasteiger partial charge in [0.15, 0.2) is 0 Å². The lowest BCUT2D eigenvalue weighted by atomic mass is 10.1. The van der Waals surface area contributed by atoms with Crippen molar-refractivity contribution in [1.82, 2.24) is 4.98 Å². The second-order valence-electron chi connectivity index (χ2n) is 3.54. The highest BCUT2D eigenvalue weighted by Crippen LogP contribution is 2.36. The molecule has 13 heavy (non-hydrogen) atoms. The molecule has 0 amide bonds. The van der Waals surface area contributed by atoms with Crippen molar-refractivity contribution in [3.05, 3.63) is 9.88 Å². The lowest BCUT2D eigenvalue weighted by molar-refractivity contribution is 0.719. The zero-order valence-electron chi connectivity index (χ0n) is 8.17. The van der Waals surface area contributed by atoms with Crippen LogP contribution < -0.4 is 0 Å². The van der Waals surface area contributed by atoms with E-state index in [0.717, 1.165) is 0 Å². The van der Waals surface area contributed by atoms with Gasteiger partial charge in [0.1, 0.15) is 5.03 Å². The van der Waals surface area contributed by atoms with Gasteiger partial charge in [0.05, 0.1) is 5.01 Å². The number of aromatic nitrogens is 1. The molecule has 0 bridgehead atoms. The van der Waals surface area contributed by atoms with Crippen molar-refractivity contribution in [3.8, 4) is 0 Å². The van der Waals surface area contributed by atoms with Gasteiger partial charge in [-0.2, -0.15) is 0 Å². The molecule has 1 aliphatic heterocycles. The average Bonchev–Trinajstić information content (AvgIpc) is 2.59. The van der Waals surface area contributed by atoms with Gasteiger partial charge in [0.2, 0.25) is 0 Å². The van der Waals surface area contributed by atoms with Crippen LogP contribution in [0.5, 0.6) is 0 Å². The summed E-state index contributed by atoms with van der Waals surface area (Å²) in [5, 5.41) is 2.67. The number of nitrogens with zero attached hydrogens (tertiary/aromatic N) is 1. The molecule has 0 fully saturated rings. The Bertz CT molecular complexity index is 270. The molecule has 1 unspecified atom stereocenters. The van der Waals surface area contributed by atoms with E-state index in [1.54, 1.807) is 0 Å². The molecule has 2 heterocycles. The van der Waals surface area contributed by atoms with E-state index in [2.05, 4.69) is 13.8 Å². The molecule has 1 aromatic heterocycles. The molecule has 0 aliphatic carbocycles. The SMILES string of the molecule is CCC(C)c1nc2c(s1)CCCS2. The standard InChI is InChI=1S/C10H15NS2/c1-3-7(2)9-11-10-8(13-9)5-4-6-12-10/h7H,3-6H2,1-2H3. The van der Waals surface area contributed by atoms with Crippen LogP contribution >= 0.6 is 23.1 Å². The third kappa shape index (κ3) is 1.91. The first kappa shape index (κ1) is 9.53. The van der Waals surface area contributed by atoms with Crippen LogP contribution in [0, 0.1) is 0 Å². The number of aryl methyl sites for hydroxylation is 1. The number of rotatable bonds is 2. The topological polar surface area (TPSA) is 12.9 Å². The van der Waals surface area contributed by atoms with Crippen LogP contribution in [-0.4, -0.2) is 10.7 Å². The Kier molecular flexibility index (Phi) is 2.94. The van der Waals surface area contributed by atoms with E-state index < -0.39 is 0 Å². The lowest BCUT2D eigenvalue weighted by Crippen LogP contribution is -1.94. The smallest absolute Gasteiger partial charge is 0.110 e. The fourth-order valence-corrected chi connectivity index (χ4v) is 3.82. The molecule has 1 aromatic rings. The van der Waals surface area contributed by atoms with Crippen LogP contribution in [0.4, 0.5) is 0 Å². The molecule has 0 aromatic carbocycles. The summed E-state index contributed by atoms with van der Waals surface area (Å²) >= 11 is 3.87. The third-order valence-corrected chi connectivity index (χ3v) is 5.08. The Hall–Kier alpha value is -0.0200. The van der Waals surface area contributed by atoms with Crippen molar-refractivity contribution in [2.24, 2.45) is 0 Å². The minimum atomic E-state index is 0.649. The van der Waals surface area contributed by atoms with Gasteiger partial charge in [0.25, 0.3) is 0 Å². The van der Waals surface area contributed by atoms with Crippen LogP contribution in [-0.2, 0) is 6.42 Å². The molecule has 2 rings (SSSR count). The Labute approximate surface area is 88.0 Å². The van der Waals surface area contributed by atoms with Gasteiger partial charge in [-0.05, 0) is 25.0 Å². The van der Waals surface area contributed by atoms with Crippen LogP contribution in [0.1, 0.15) is 42.5 Å². The molecule has 1 aliphatic rings. The van der Waals surface area contributed by atoms with Gasteiger partial charge < -0.3 is 0 Å². The van der Waals surface area contributed by atoms with Crippen molar-refractivity contribution in [3.63, 3.8) is 0 Å². The summed E-state index contributed by atoms with van der Waals surface area (Å²) in [4.78, 5) is 6.24. The summed E-state index contributed by atoms with van der Waals surface area (Å²) < 4.78 is 0. The fourth-order valence-electron chi connectivity index (χ4n) is 1.41. The maximum atomic E-state index is 4.70. The van der Waals surface area contributed by atoms with E-state index in [-0.39, 0.29) is 0 Å². The number of hydrogen-bond donors (Lipinski definition) is 0. The number of thiazole rings is 1. The molecule has 0 saturated heterocycles. The molecule has 0 N–H and O–H groups in total. The van der Waals surface area contributed by atoms with Gasteiger partial charge in [-0.1, -0.05) is 13.8 Å².